The molecule has 160 valence electrons. The van der Waals surface area contributed by atoms with Gasteiger partial charge in [0.25, 0.3) is 0 Å². The Labute approximate surface area is 174 Å². The molecule has 29 heavy (non-hydrogen) atoms. The molecule has 0 amide bonds. The summed E-state index contributed by atoms with van der Waals surface area (Å²) in [5.41, 5.74) is 4.35. The zero-order valence-corrected chi connectivity index (χ0v) is 18.7. The molecule has 1 aliphatic carbocycles. The number of benzene rings is 1. The molecule has 0 atom stereocenters. The van der Waals surface area contributed by atoms with Crippen molar-refractivity contribution in [2.75, 3.05) is 14.2 Å². The van der Waals surface area contributed by atoms with Crippen molar-refractivity contribution in [2.24, 2.45) is 5.41 Å². The molecule has 0 fully saturated rings. The Morgan fingerprint density at radius 2 is 1.41 bits per heavy atom. The molecule has 0 aliphatic heterocycles. The molecule has 1 aromatic carbocycles. The van der Waals surface area contributed by atoms with Crippen LogP contribution in [0.4, 0.5) is 0 Å². The Hall–Kier alpha value is -2.17. The fraction of sp³-hybridized carbons (Fsp3) is 0.625. The summed E-state index contributed by atoms with van der Waals surface area (Å²) < 4.78 is 9.97. The van der Waals surface area contributed by atoms with Gasteiger partial charge in [-0.3, -0.25) is 14.4 Å². The van der Waals surface area contributed by atoms with E-state index in [9.17, 15) is 14.4 Å². The van der Waals surface area contributed by atoms with Crippen molar-refractivity contribution in [3.8, 4) is 0 Å². The Balaban J connectivity index is 2.61. The van der Waals surface area contributed by atoms with Crippen LogP contribution in [0.3, 0.4) is 0 Å². The molecule has 0 saturated carbocycles. The van der Waals surface area contributed by atoms with Crippen LogP contribution in [0, 0.1) is 19.3 Å². The van der Waals surface area contributed by atoms with Crippen LogP contribution >= 0.6 is 0 Å². The van der Waals surface area contributed by atoms with Gasteiger partial charge in [0.1, 0.15) is 0 Å². The van der Waals surface area contributed by atoms with Crippen LogP contribution in [0.15, 0.2) is 0 Å². The molecule has 0 bridgehead atoms. The van der Waals surface area contributed by atoms with Crippen LogP contribution in [0.1, 0.15) is 84.1 Å². The molecule has 0 heterocycles. The summed E-state index contributed by atoms with van der Waals surface area (Å²) in [6, 6.07) is 0. The largest absolute Gasteiger partial charge is 0.468 e. The van der Waals surface area contributed by atoms with Crippen LogP contribution in [0.5, 0.6) is 0 Å². The molecule has 0 saturated heterocycles. The van der Waals surface area contributed by atoms with Crippen LogP contribution in [-0.2, 0) is 38.3 Å². The molecule has 2 rings (SSSR count). The number of Topliss-reactive ketones (excluding diaryl/α,β-unsaturated/α-hetero) is 1. The first-order chi connectivity index (χ1) is 13.8. The first-order valence-electron chi connectivity index (χ1n) is 10.6. The van der Waals surface area contributed by atoms with E-state index in [2.05, 4.69) is 6.92 Å². The van der Waals surface area contributed by atoms with Gasteiger partial charge in [0.05, 0.1) is 14.2 Å². The van der Waals surface area contributed by atoms with E-state index in [1.165, 1.54) is 20.6 Å². The summed E-state index contributed by atoms with van der Waals surface area (Å²) in [7, 11) is 2.59. The molecule has 0 N–H and O–H groups in total. The van der Waals surface area contributed by atoms with Crippen molar-refractivity contribution in [1.82, 2.24) is 0 Å². The van der Waals surface area contributed by atoms with E-state index in [1.807, 2.05) is 20.8 Å². The number of hydrogen-bond donors (Lipinski definition) is 0. The Morgan fingerprint density at radius 3 is 1.90 bits per heavy atom. The number of unbranched alkanes of at least 4 members (excludes halogenated alkanes) is 3. The van der Waals surface area contributed by atoms with E-state index < -0.39 is 17.4 Å². The standard InChI is InChI=1S/C24H34O5/c1-7-9-10-11-12-17-15(3)18-13-24(22(26)28-5,23(27)29-6)14-19(18)16(4)21(17)20(25)8-2/h7-14H2,1-6H3. The van der Waals surface area contributed by atoms with Gasteiger partial charge in [0, 0.05) is 24.8 Å². The Bertz CT molecular complexity index is 790. The van der Waals surface area contributed by atoms with Gasteiger partial charge in [-0.05, 0) is 54.5 Å². The molecule has 5 heteroatoms. The smallest absolute Gasteiger partial charge is 0.323 e. The minimum atomic E-state index is -1.37. The zero-order chi connectivity index (χ0) is 21.8. The topological polar surface area (TPSA) is 69.7 Å². The Morgan fingerprint density at radius 1 is 0.862 bits per heavy atom. The normalized spacial score (nSPS) is 14.4. The summed E-state index contributed by atoms with van der Waals surface area (Å²) in [6.45, 7) is 8.01. The van der Waals surface area contributed by atoms with Gasteiger partial charge >= 0.3 is 11.9 Å². The number of carbonyl (C=O) groups excluding carboxylic acids is 3. The second kappa shape index (κ2) is 9.55. The van der Waals surface area contributed by atoms with Crippen LogP contribution in [0.25, 0.3) is 0 Å². The molecule has 1 aliphatic rings. The summed E-state index contributed by atoms with van der Waals surface area (Å²) in [6.07, 6.45) is 6.23. The molecule has 5 nitrogen and oxygen atoms in total. The van der Waals surface area contributed by atoms with Gasteiger partial charge in [-0.1, -0.05) is 33.1 Å². The van der Waals surface area contributed by atoms with Gasteiger partial charge in [0.2, 0.25) is 0 Å². The van der Waals surface area contributed by atoms with Crippen LogP contribution in [0.2, 0.25) is 0 Å². The molecular formula is C24H34O5. The lowest BCUT2D eigenvalue weighted by molar-refractivity contribution is -0.168. The van der Waals surface area contributed by atoms with Crippen molar-refractivity contribution in [3.05, 3.63) is 33.4 Å². The summed E-state index contributed by atoms with van der Waals surface area (Å²) in [4.78, 5) is 38.1. The van der Waals surface area contributed by atoms with E-state index in [0.717, 1.165) is 59.1 Å². The second-order valence-electron chi connectivity index (χ2n) is 8.07. The highest BCUT2D eigenvalue weighted by atomic mass is 16.5. The van der Waals surface area contributed by atoms with Crippen LogP contribution in [-0.4, -0.2) is 31.9 Å². The van der Waals surface area contributed by atoms with Gasteiger partial charge in [-0.25, -0.2) is 0 Å². The van der Waals surface area contributed by atoms with E-state index >= 15 is 0 Å². The van der Waals surface area contributed by atoms with E-state index in [4.69, 9.17) is 9.47 Å². The highest BCUT2D eigenvalue weighted by Gasteiger charge is 2.53. The second-order valence-corrected chi connectivity index (χ2v) is 8.07. The molecule has 0 unspecified atom stereocenters. The number of rotatable bonds is 9. The lowest BCUT2D eigenvalue weighted by atomic mass is 9.84. The molecule has 0 radical (unpaired) electrons. The molecule has 0 spiro atoms. The molecule has 1 aromatic rings. The number of esters is 2. The van der Waals surface area contributed by atoms with E-state index in [1.54, 1.807) is 0 Å². The number of fused-ring (bicyclic) bond motifs is 1. The summed E-state index contributed by atoms with van der Waals surface area (Å²) in [5.74, 6) is -1.04. The predicted molar refractivity (Wildman–Crippen MR) is 112 cm³/mol. The maximum absolute atomic E-state index is 12.9. The number of ether oxygens (including phenoxy) is 2. The van der Waals surface area contributed by atoms with Crippen molar-refractivity contribution in [3.63, 3.8) is 0 Å². The van der Waals surface area contributed by atoms with E-state index in [0.29, 0.717) is 6.42 Å². The number of ketones is 1. The molecular weight excluding hydrogens is 368 g/mol. The van der Waals surface area contributed by atoms with Crippen molar-refractivity contribution < 1.29 is 23.9 Å². The number of methoxy groups -OCH3 is 2. The van der Waals surface area contributed by atoms with Gasteiger partial charge in [0.15, 0.2) is 11.2 Å². The third kappa shape index (κ3) is 4.10. The van der Waals surface area contributed by atoms with Crippen LogP contribution < -0.4 is 0 Å². The highest BCUT2D eigenvalue weighted by molar-refractivity contribution is 6.03. The van der Waals surface area contributed by atoms with Gasteiger partial charge in [-0.15, -0.1) is 0 Å². The SMILES string of the molecule is CCCCCCc1c(C)c2c(c(C)c1C(=O)CC)CC(C(=O)OC)(C(=O)OC)C2. The lowest BCUT2D eigenvalue weighted by Gasteiger charge is -2.22. The summed E-state index contributed by atoms with van der Waals surface area (Å²) in [5, 5.41) is 0. The average Bonchev–Trinajstić information content (AvgIpc) is 3.15. The fourth-order valence-corrected chi connectivity index (χ4v) is 4.70. The average molecular weight is 403 g/mol. The number of hydrogen-bond acceptors (Lipinski definition) is 5. The van der Waals surface area contributed by atoms with Crippen molar-refractivity contribution in [2.45, 2.75) is 79.1 Å². The Kier molecular flexibility index (Phi) is 7.61. The quantitative estimate of drug-likeness (QED) is 0.264. The van der Waals surface area contributed by atoms with Gasteiger partial charge < -0.3 is 9.47 Å². The maximum atomic E-state index is 12.9. The third-order valence-corrected chi connectivity index (χ3v) is 6.39. The minimum absolute atomic E-state index is 0.118. The zero-order valence-electron chi connectivity index (χ0n) is 18.7. The lowest BCUT2D eigenvalue weighted by Crippen LogP contribution is -2.42. The maximum Gasteiger partial charge on any atom is 0.323 e. The first-order valence-corrected chi connectivity index (χ1v) is 10.6. The predicted octanol–water partition coefficient (Wildman–Crippen LogP) is 4.45. The van der Waals surface area contributed by atoms with Crippen molar-refractivity contribution in [1.29, 1.82) is 0 Å². The summed E-state index contributed by atoms with van der Waals surface area (Å²) >= 11 is 0. The molecule has 0 aromatic heterocycles. The number of carbonyl (C=O) groups is 3. The fourth-order valence-electron chi connectivity index (χ4n) is 4.70. The van der Waals surface area contributed by atoms with Gasteiger partial charge in [-0.2, -0.15) is 0 Å². The highest BCUT2D eigenvalue weighted by Crippen LogP contribution is 2.44. The van der Waals surface area contributed by atoms with Crippen molar-refractivity contribution >= 4 is 17.7 Å². The monoisotopic (exact) mass is 402 g/mol. The first kappa shape index (κ1) is 23.1. The minimum Gasteiger partial charge on any atom is -0.468 e. The third-order valence-electron chi connectivity index (χ3n) is 6.39. The van der Waals surface area contributed by atoms with E-state index in [-0.39, 0.29) is 18.6 Å².